The molecule has 142 valence electrons. The number of hydrogen-bond acceptors (Lipinski definition) is 7. The van der Waals surface area contributed by atoms with Crippen molar-refractivity contribution in [3.8, 4) is 6.01 Å². The first-order valence-electron chi connectivity index (χ1n) is 8.51. The highest BCUT2D eigenvalue weighted by molar-refractivity contribution is 5.83. The average molecular weight is 371 g/mol. The van der Waals surface area contributed by atoms with Gasteiger partial charge in [0, 0.05) is 19.2 Å². The number of methoxy groups -OCH3 is 1. The van der Waals surface area contributed by atoms with Crippen LogP contribution in [0, 0.1) is 0 Å². The third kappa shape index (κ3) is 3.68. The van der Waals surface area contributed by atoms with Crippen LogP contribution in [0.4, 0.5) is 5.82 Å². The summed E-state index contributed by atoms with van der Waals surface area (Å²) < 4.78 is 13.4. The molecule has 1 aromatic carbocycles. The minimum atomic E-state index is -0.251. The zero-order valence-corrected chi connectivity index (χ0v) is 15.2. The second-order valence-electron chi connectivity index (χ2n) is 5.88. The van der Waals surface area contributed by atoms with Gasteiger partial charge in [-0.1, -0.05) is 18.2 Å². The molecular formula is C18H21N5O4. The van der Waals surface area contributed by atoms with Gasteiger partial charge in [0.25, 0.3) is 0 Å². The van der Waals surface area contributed by atoms with Crippen molar-refractivity contribution in [2.75, 3.05) is 26.1 Å². The van der Waals surface area contributed by atoms with Gasteiger partial charge in [-0.3, -0.25) is 13.9 Å². The SMILES string of the molecule is CCn1c(=O)n(Cc2cccc(C=O)c2)c2nc(OCCOC)nc(N)c21. The van der Waals surface area contributed by atoms with Crippen molar-refractivity contribution in [1.82, 2.24) is 19.1 Å². The number of carbonyl (C=O) groups excluding carboxylic acids is 1. The number of aromatic nitrogens is 4. The van der Waals surface area contributed by atoms with E-state index < -0.39 is 0 Å². The summed E-state index contributed by atoms with van der Waals surface area (Å²) in [5.41, 5.74) is 8.02. The van der Waals surface area contributed by atoms with Crippen LogP contribution >= 0.6 is 0 Å². The van der Waals surface area contributed by atoms with Crippen LogP contribution in [-0.2, 0) is 17.8 Å². The van der Waals surface area contributed by atoms with Crippen LogP contribution in [0.1, 0.15) is 22.8 Å². The summed E-state index contributed by atoms with van der Waals surface area (Å²) in [4.78, 5) is 32.4. The molecular weight excluding hydrogens is 350 g/mol. The number of benzene rings is 1. The van der Waals surface area contributed by atoms with Gasteiger partial charge < -0.3 is 15.2 Å². The van der Waals surface area contributed by atoms with E-state index in [-0.39, 0.29) is 30.7 Å². The van der Waals surface area contributed by atoms with E-state index in [4.69, 9.17) is 15.2 Å². The lowest BCUT2D eigenvalue weighted by Gasteiger charge is -2.07. The number of rotatable bonds is 8. The fourth-order valence-corrected chi connectivity index (χ4v) is 2.88. The topological polar surface area (TPSA) is 114 Å². The smallest absolute Gasteiger partial charge is 0.330 e. The van der Waals surface area contributed by atoms with E-state index in [1.807, 2.05) is 13.0 Å². The van der Waals surface area contributed by atoms with Crippen LogP contribution in [0.2, 0.25) is 0 Å². The van der Waals surface area contributed by atoms with Crippen molar-refractivity contribution in [1.29, 1.82) is 0 Å². The number of carbonyl (C=O) groups is 1. The molecule has 2 heterocycles. The third-order valence-electron chi connectivity index (χ3n) is 4.12. The van der Waals surface area contributed by atoms with Crippen molar-refractivity contribution < 1.29 is 14.3 Å². The summed E-state index contributed by atoms with van der Waals surface area (Å²) in [6, 6.07) is 7.13. The molecule has 0 atom stereocenters. The van der Waals surface area contributed by atoms with Crippen molar-refractivity contribution in [3.05, 3.63) is 45.9 Å². The molecule has 9 heteroatoms. The van der Waals surface area contributed by atoms with Crippen LogP contribution < -0.4 is 16.2 Å². The normalized spacial score (nSPS) is 11.0. The Morgan fingerprint density at radius 1 is 1.22 bits per heavy atom. The number of nitrogens with two attached hydrogens (primary N) is 1. The lowest BCUT2D eigenvalue weighted by Crippen LogP contribution is -2.24. The Kier molecular flexibility index (Phi) is 5.51. The zero-order valence-electron chi connectivity index (χ0n) is 15.2. The molecule has 0 aliphatic heterocycles. The molecule has 27 heavy (non-hydrogen) atoms. The zero-order chi connectivity index (χ0) is 19.4. The summed E-state index contributed by atoms with van der Waals surface area (Å²) >= 11 is 0. The second-order valence-corrected chi connectivity index (χ2v) is 5.88. The molecule has 9 nitrogen and oxygen atoms in total. The van der Waals surface area contributed by atoms with Gasteiger partial charge in [0.15, 0.2) is 11.5 Å². The predicted octanol–water partition coefficient (Wildman–Crippen LogP) is 1.08. The van der Waals surface area contributed by atoms with E-state index in [0.717, 1.165) is 11.8 Å². The Morgan fingerprint density at radius 2 is 2.04 bits per heavy atom. The number of ether oxygens (including phenoxy) is 2. The summed E-state index contributed by atoms with van der Waals surface area (Å²) in [6.07, 6.45) is 0.767. The number of anilines is 1. The van der Waals surface area contributed by atoms with Crippen molar-refractivity contribution >= 4 is 23.3 Å². The first kappa shape index (κ1) is 18.6. The summed E-state index contributed by atoms with van der Waals surface area (Å²) in [5.74, 6) is 0.173. The average Bonchev–Trinajstić information content (AvgIpc) is 2.94. The highest BCUT2D eigenvalue weighted by Crippen LogP contribution is 2.21. The molecule has 0 aliphatic rings. The molecule has 0 amide bonds. The van der Waals surface area contributed by atoms with Gasteiger partial charge in [0.05, 0.1) is 13.2 Å². The van der Waals surface area contributed by atoms with Crippen LogP contribution in [0.15, 0.2) is 29.1 Å². The second kappa shape index (κ2) is 8.00. The molecule has 0 unspecified atom stereocenters. The number of aryl methyl sites for hydroxylation is 1. The van der Waals surface area contributed by atoms with Gasteiger partial charge >= 0.3 is 11.7 Å². The molecule has 0 aliphatic carbocycles. The first-order chi connectivity index (χ1) is 13.1. The number of imidazole rings is 1. The van der Waals surface area contributed by atoms with Crippen LogP contribution in [0.3, 0.4) is 0 Å². The highest BCUT2D eigenvalue weighted by Gasteiger charge is 2.19. The van der Waals surface area contributed by atoms with Crippen molar-refractivity contribution in [2.45, 2.75) is 20.0 Å². The van der Waals surface area contributed by atoms with Crippen molar-refractivity contribution in [3.63, 3.8) is 0 Å². The molecule has 2 N–H and O–H groups in total. The molecule has 0 fully saturated rings. The summed E-state index contributed by atoms with van der Waals surface area (Å²) in [6.45, 7) is 3.16. The minimum Gasteiger partial charge on any atom is -0.461 e. The largest absolute Gasteiger partial charge is 0.461 e. The quantitative estimate of drug-likeness (QED) is 0.465. The Labute approximate surface area is 155 Å². The van der Waals surface area contributed by atoms with E-state index in [0.29, 0.717) is 29.9 Å². The maximum Gasteiger partial charge on any atom is 0.330 e. The van der Waals surface area contributed by atoms with E-state index >= 15 is 0 Å². The standard InChI is InChI=1S/C18H21N5O4/c1-3-22-14-15(19)20-17(27-8-7-26-2)21-16(14)23(18(22)25)10-12-5-4-6-13(9-12)11-24/h4-6,9,11H,3,7-8,10H2,1-2H3,(H2,19,20,21). The Hall–Kier alpha value is -3.20. The van der Waals surface area contributed by atoms with E-state index in [2.05, 4.69) is 9.97 Å². The minimum absolute atomic E-state index is 0.0840. The predicted molar refractivity (Wildman–Crippen MR) is 100 cm³/mol. The number of nitrogens with zero attached hydrogens (tertiary/aromatic N) is 4. The number of hydrogen-bond donors (Lipinski definition) is 1. The van der Waals surface area contributed by atoms with Crippen LogP contribution in [-0.4, -0.2) is 45.7 Å². The highest BCUT2D eigenvalue weighted by atomic mass is 16.5. The lowest BCUT2D eigenvalue weighted by atomic mass is 10.1. The number of nitrogen functional groups attached to an aromatic ring is 1. The number of fused-ring (bicyclic) bond motifs is 1. The van der Waals surface area contributed by atoms with Crippen LogP contribution in [0.25, 0.3) is 11.2 Å². The van der Waals surface area contributed by atoms with E-state index in [1.165, 1.54) is 9.13 Å². The molecule has 3 aromatic rings. The molecule has 0 radical (unpaired) electrons. The Morgan fingerprint density at radius 3 is 2.74 bits per heavy atom. The van der Waals surface area contributed by atoms with Gasteiger partial charge in [-0.2, -0.15) is 9.97 Å². The summed E-state index contributed by atoms with van der Waals surface area (Å²) in [7, 11) is 1.56. The maximum atomic E-state index is 12.9. The van der Waals surface area contributed by atoms with E-state index in [1.54, 1.807) is 25.3 Å². The third-order valence-corrected chi connectivity index (χ3v) is 4.12. The monoisotopic (exact) mass is 371 g/mol. The van der Waals surface area contributed by atoms with Gasteiger partial charge in [-0.05, 0) is 18.6 Å². The number of aldehydes is 1. The van der Waals surface area contributed by atoms with Gasteiger partial charge in [0.2, 0.25) is 0 Å². The van der Waals surface area contributed by atoms with E-state index in [9.17, 15) is 9.59 Å². The molecule has 0 saturated heterocycles. The van der Waals surface area contributed by atoms with Gasteiger partial charge in [-0.25, -0.2) is 4.79 Å². The maximum absolute atomic E-state index is 12.9. The van der Waals surface area contributed by atoms with Crippen LogP contribution in [0.5, 0.6) is 6.01 Å². The molecule has 0 saturated carbocycles. The fraction of sp³-hybridized carbons (Fsp3) is 0.333. The van der Waals surface area contributed by atoms with Gasteiger partial charge in [-0.15, -0.1) is 0 Å². The molecule has 2 aromatic heterocycles. The molecule has 0 bridgehead atoms. The first-order valence-corrected chi connectivity index (χ1v) is 8.51. The Balaban J connectivity index is 2.10. The van der Waals surface area contributed by atoms with Gasteiger partial charge in [0.1, 0.15) is 18.4 Å². The van der Waals surface area contributed by atoms with Crippen molar-refractivity contribution in [2.24, 2.45) is 0 Å². The summed E-state index contributed by atoms with van der Waals surface area (Å²) in [5, 5.41) is 0. The Bertz CT molecular complexity index is 1020. The molecule has 0 spiro atoms. The lowest BCUT2D eigenvalue weighted by molar-refractivity contribution is 0.112. The fourth-order valence-electron chi connectivity index (χ4n) is 2.88. The molecule has 3 rings (SSSR count).